The fraction of sp³-hybridized carbons (Fsp3) is 0.333. The zero-order chi connectivity index (χ0) is 9.84. The van der Waals surface area contributed by atoms with Crippen LogP contribution in [-0.2, 0) is 0 Å². The Bertz CT molecular complexity index is 323. The number of carbonyl (C=O) groups is 1. The van der Waals surface area contributed by atoms with E-state index in [-0.39, 0.29) is 5.56 Å². The molecule has 0 aliphatic heterocycles. The van der Waals surface area contributed by atoms with E-state index in [0.717, 1.165) is 6.54 Å². The first kappa shape index (κ1) is 9.51. The van der Waals surface area contributed by atoms with Crippen LogP contribution >= 0.6 is 0 Å². The van der Waals surface area contributed by atoms with Gasteiger partial charge in [0.2, 0.25) is 0 Å². The molecule has 70 valence electrons. The van der Waals surface area contributed by atoms with Crippen LogP contribution in [0.15, 0.2) is 12.1 Å². The molecule has 1 aromatic rings. The molecule has 2 N–H and O–H groups in total. The summed E-state index contributed by atoms with van der Waals surface area (Å²) in [4.78, 5) is 14.7. The maximum atomic E-state index is 10.6. The number of nitrogens with zero attached hydrogens (tertiary/aromatic N) is 1. The summed E-state index contributed by atoms with van der Waals surface area (Å²) in [7, 11) is 0. The lowest BCUT2D eigenvalue weighted by Crippen LogP contribution is -2.05. The number of hydrogen-bond acceptors (Lipinski definition) is 3. The van der Waals surface area contributed by atoms with Crippen molar-refractivity contribution in [3.8, 4) is 0 Å². The third kappa shape index (κ3) is 2.18. The van der Waals surface area contributed by atoms with Crippen LogP contribution < -0.4 is 5.32 Å². The average molecular weight is 180 g/mol. The van der Waals surface area contributed by atoms with Crippen LogP contribution in [0.2, 0.25) is 0 Å². The maximum Gasteiger partial charge on any atom is 0.337 e. The van der Waals surface area contributed by atoms with Crippen molar-refractivity contribution in [3.05, 3.63) is 23.4 Å². The van der Waals surface area contributed by atoms with E-state index in [1.54, 1.807) is 19.1 Å². The molecule has 0 saturated carbocycles. The summed E-state index contributed by atoms with van der Waals surface area (Å²) in [6.45, 7) is 4.42. The quantitative estimate of drug-likeness (QED) is 0.740. The second kappa shape index (κ2) is 3.89. The molecule has 0 aliphatic rings. The Morgan fingerprint density at radius 3 is 2.77 bits per heavy atom. The summed E-state index contributed by atoms with van der Waals surface area (Å²) >= 11 is 0. The van der Waals surface area contributed by atoms with Gasteiger partial charge in [-0.1, -0.05) is 0 Å². The number of anilines is 1. The van der Waals surface area contributed by atoms with Crippen LogP contribution in [0.1, 0.15) is 23.0 Å². The summed E-state index contributed by atoms with van der Waals surface area (Å²) in [5.74, 6) is -0.224. The van der Waals surface area contributed by atoms with Crippen LogP contribution in [0.5, 0.6) is 0 Å². The van der Waals surface area contributed by atoms with Gasteiger partial charge in [-0.25, -0.2) is 9.78 Å². The molecule has 0 amide bonds. The van der Waals surface area contributed by atoms with Gasteiger partial charge in [0, 0.05) is 6.54 Å². The van der Waals surface area contributed by atoms with Gasteiger partial charge < -0.3 is 10.4 Å². The molecule has 0 aromatic carbocycles. The van der Waals surface area contributed by atoms with Crippen molar-refractivity contribution in [1.29, 1.82) is 0 Å². The Hall–Kier alpha value is -1.58. The first-order valence-electron chi connectivity index (χ1n) is 4.10. The van der Waals surface area contributed by atoms with Crippen LogP contribution in [0.3, 0.4) is 0 Å². The van der Waals surface area contributed by atoms with Gasteiger partial charge in [-0.2, -0.15) is 0 Å². The summed E-state index contributed by atoms with van der Waals surface area (Å²) < 4.78 is 0. The number of aromatic carboxylic acids is 1. The van der Waals surface area contributed by atoms with E-state index in [9.17, 15) is 4.79 Å². The fourth-order valence-corrected chi connectivity index (χ4v) is 1.07. The molecule has 0 unspecified atom stereocenters. The molecule has 1 heterocycles. The molecule has 0 radical (unpaired) electrons. The first-order chi connectivity index (χ1) is 6.15. The van der Waals surface area contributed by atoms with E-state index in [0.29, 0.717) is 11.5 Å². The van der Waals surface area contributed by atoms with Gasteiger partial charge in [-0.15, -0.1) is 0 Å². The molecular weight excluding hydrogens is 168 g/mol. The molecule has 0 bridgehead atoms. The van der Waals surface area contributed by atoms with Gasteiger partial charge >= 0.3 is 5.97 Å². The van der Waals surface area contributed by atoms with E-state index in [1.807, 2.05) is 6.92 Å². The molecular formula is C9H12N2O2. The molecule has 0 aliphatic carbocycles. The lowest BCUT2D eigenvalue weighted by atomic mass is 10.2. The third-order valence-corrected chi connectivity index (χ3v) is 1.67. The number of carboxylic acid groups (broad SMARTS) is 1. The predicted molar refractivity (Wildman–Crippen MR) is 50.1 cm³/mol. The van der Waals surface area contributed by atoms with Crippen LogP contribution in [-0.4, -0.2) is 22.6 Å². The maximum absolute atomic E-state index is 10.6. The number of carboxylic acids is 1. The zero-order valence-electron chi connectivity index (χ0n) is 7.66. The van der Waals surface area contributed by atoms with Gasteiger partial charge in [-0.3, -0.25) is 0 Å². The normalized spacial score (nSPS) is 9.69. The van der Waals surface area contributed by atoms with Gasteiger partial charge in [0.25, 0.3) is 0 Å². The van der Waals surface area contributed by atoms with Crippen molar-refractivity contribution in [2.24, 2.45) is 0 Å². The molecule has 0 saturated heterocycles. The fourth-order valence-electron chi connectivity index (χ4n) is 1.07. The number of rotatable bonds is 3. The van der Waals surface area contributed by atoms with Crippen molar-refractivity contribution in [3.63, 3.8) is 0 Å². The van der Waals surface area contributed by atoms with Gasteiger partial charge in [0.05, 0.1) is 11.3 Å². The number of aryl methyl sites for hydroxylation is 1. The second-order valence-electron chi connectivity index (χ2n) is 2.66. The lowest BCUT2D eigenvalue weighted by molar-refractivity contribution is 0.0695. The van der Waals surface area contributed by atoms with Crippen molar-refractivity contribution in [2.75, 3.05) is 11.9 Å². The van der Waals surface area contributed by atoms with Gasteiger partial charge in [0.1, 0.15) is 5.82 Å². The number of pyridine rings is 1. The summed E-state index contributed by atoms with van der Waals surface area (Å²) in [5, 5.41) is 11.7. The highest BCUT2D eigenvalue weighted by Gasteiger charge is 2.07. The van der Waals surface area contributed by atoms with Crippen LogP contribution in [0, 0.1) is 6.92 Å². The SMILES string of the molecule is CCNc1ccc(C(=O)O)c(C)n1. The Labute approximate surface area is 76.6 Å². The van der Waals surface area contributed by atoms with Crippen molar-refractivity contribution >= 4 is 11.8 Å². The highest BCUT2D eigenvalue weighted by atomic mass is 16.4. The number of hydrogen-bond donors (Lipinski definition) is 2. The Balaban J connectivity index is 2.98. The predicted octanol–water partition coefficient (Wildman–Crippen LogP) is 1.52. The van der Waals surface area contributed by atoms with E-state index in [2.05, 4.69) is 10.3 Å². The first-order valence-corrected chi connectivity index (χ1v) is 4.10. The molecule has 0 atom stereocenters. The van der Waals surface area contributed by atoms with Crippen LogP contribution in [0.4, 0.5) is 5.82 Å². The van der Waals surface area contributed by atoms with E-state index in [4.69, 9.17) is 5.11 Å². The minimum absolute atomic E-state index is 0.252. The minimum atomic E-state index is -0.937. The van der Waals surface area contributed by atoms with Gasteiger partial charge in [-0.05, 0) is 26.0 Å². The Kier molecular flexibility index (Phi) is 2.84. The van der Waals surface area contributed by atoms with E-state index >= 15 is 0 Å². The number of nitrogens with one attached hydrogen (secondary N) is 1. The standard InChI is InChI=1S/C9H12N2O2/c1-3-10-8-5-4-7(9(12)13)6(2)11-8/h4-5H,3H2,1-2H3,(H,10,11)(H,12,13). The van der Waals surface area contributed by atoms with Crippen molar-refractivity contribution < 1.29 is 9.90 Å². The number of aromatic nitrogens is 1. The largest absolute Gasteiger partial charge is 0.478 e. The Morgan fingerprint density at radius 2 is 2.31 bits per heavy atom. The summed E-state index contributed by atoms with van der Waals surface area (Å²) in [6, 6.07) is 3.22. The highest BCUT2D eigenvalue weighted by molar-refractivity contribution is 5.88. The molecule has 0 spiro atoms. The smallest absolute Gasteiger partial charge is 0.337 e. The lowest BCUT2D eigenvalue weighted by Gasteiger charge is -2.04. The van der Waals surface area contributed by atoms with Crippen molar-refractivity contribution in [2.45, 2.75) is 13.8 Å². The minimum Gasteiger partial charge on any atom is -0.478 e. The summed E-state index contributed by atoms with van der Waals surface area (Å²) in [5.41, 5.74) is 0.785. The molecule has 1 rings (SSSR count). The van der Waals surface area contributed by atoms with Crippen molar-refractivity contribution in [1.82, 2.24) is 4.98 Å². The average Bonchev–Trinajstić information content (AvgIpc) is 2.04. The zero-order valence-corrected chi connectivity index (χ0v) is 7.66. The monoisotopic (exact) mass is 180 g/mol. The van der Waals surface area contributed by atoms with Gasteiger partial charge in [0.15, 0.2) is 0 Å². The van der Waals surface area contributed by atoms with E-state index < -0.39 is 5.97 Å². The molecule has 0 fully saturated rings. The molecule has 13 heavy (non-hydrogen) atoms. The highest BCUT2D eigenvalue weighted by Crippen LogP contribution is 2.09. The second-order valence-corrected chi connectivity index (χ2v) is 2.66. The summed E-state index contributed by atoms with van der Waals surface area (Å²) in [6.07, 6.45) is 0. The Morgan fingerprint density at radius 1 is 1.62 bits per heavy atom. The molecule has 1 aromatic heterocycles. The van der Waals surface area contributed by atoms with Crippen LogP contribution in [0.25, 0.3) is 0 Å². The molecule has 4 heteroatoms. The topological polar surface area (TPSA) is 62.2 Å². The third-order valence-electron chi connectivity index (χ3n) is 1.67. The van der Waals surface area contributed by atoms with E-state index in [1.165, 1.54) is 0 Å². The molecule has 4 nitrogen and oxygen atoms in total.